The number of anilines is 1. The Morgan fingerprint density at radius 1 is 1.35 bits per heavy atom. The minimum absolute atomic E-state index is 0.0770. The molecule has 0 saturated heterocycles. The van der Waals surface area contributed by atoms with E-state index in [2.05, 4.69) is 4.74 Å². The zero-order valence-electron chi connectivity index (χ0n) is 9.38. The van der Waals surface area contributed by atoms with E-state index in [1.165, 1.54) is 11.8 Å². The number of nitrogen functional groups attached to an aromatic ring is 1. The van der Waals surface area contributed by atoms with Crippen LogP contribution in [0, 0.1) is 6.92 Å². The van der Waals surface area contributed by atoms with Gasteiger partial charge in [-0.1, -0.05) is 0 Å². The van der Waals surface area contributed by atoms with Crippen molar-refractivity contribution in [3.63, 3.8) is 0 Å². The van der Waals surface area contributed by atoms with E-state index >= 15 is 0 Å². The fourth-order valence-electron chi connectivity index (χ4n) is 1.14. The fraction of sp³-hybridized carbons (Fsp3) is 0.455. The van der Waals surface area contributed by atoms with Crippen LogP contribution >= 0.6 is 11.8 Å². The second-order valence-electron chi connectivity index (χ2n) is 3.53. The molecule has 0 fully saturated rings. The SMILES string of the molecule is Cc1cc(SCCOCC(F)(F)F)ccc1N. The van der Waals surface area contributed by atoms with Gasteiger partial charge in [0.15, 0.2) is 0 Å². The van der Waals surface area contributed by atoms with Crippen LogP contribution in [0.25, 0.3) is 0 Å². The Labute approximate surface area is 102 Å². The summed E-state index contributed by atoms with van der Waals surface area (Å²) in [4.78, 5) is 0.979. The van der Waals surface area contributed by atoms with Gasteiger partial charge >= 0.3 is 6.18 Å². The first kappa shape index (κ1) is 14.2. The molecular weight excluding hydrogens is 251 g/mol. The molecule has 2 N–H and O–H groups in total. The van der Waals surface area contributed by atoms with Crippen molar-refractivity contribution in [1.29, 1.82) is 0 Å². The summed E-state index contributed by atoms with van der Waals surface area (Å²) in [5, 5.41) is 0. The predicted molar refractivity (Wildman–Crippen MR) is 63.2 cm³/mol. The first-order valence-electron chi connectivity index (χ1n) is 5.02. The van der Waals surface area contributed by atoms with Crippen LogP contribution in [0.5, 0.6) is 0 Å². The van der Waals surface area contributed by atoms with E-state index in [0.717, 1.165) is 10.5 Å². The average molecular weight is 265 g/mol. The second-order valence-corrected chi connectivity index (χ2v) is 4.70. The van der Waals surface area contributed by atoms with Crippen LogP contribution in [0.4, 0.5) is 18.9 Å². The van der Waals surface area contributed by atoms with E-state index in [-0.39, 0.29) is 6.61 Å². The third-order valence-corrected chi connectivity index (χ3v) is 2.96. The predicted octanol–water partition coefficient (Wildman–Crippen LogP) is 3.25. The molecule has 17 heavy (non-hydrogen) atoms. The van der Waals surface area contributed by atoms with E-state index < -0.39 is 12.8 Å². The Morgan fingerprint density at radius 2 is 2.06 bits per heavy atom. The summed E-state index contributed by atoms with van der Waals surface area (Å²) in [6.45, 7) is 0.779. The zero-order valence-corrected chi connectivity index (χ0v) is 10.2. The molecule has 0 unspecified atom stereocenters. The number of halogens is 3. The number of hydrogen-bond acceptors (Lipinski definition) is 3. The van der Waals surface area contributed by atoms with Gasteiger partial charge in [0.2, 0.25) is 0 Å². The minimum Gasteiger partial charge on any atom is -0.399 e. The summed E-state index contributed by atoms with van der Waals surface area (Å²) in [6.07, 6.45) is -4.25. The van der Waals surface area contributed by atoms with E-state index in [1.54, 1.807) is 6.07 Å². The molecule has 2 nitrogen and oxygen atoms in total. The van der Waals surface area contributed by atoms with Gasteiger partial charge in [-0.2, -0.15) is 13.2 Å². The van der Waals surface area contributed by atoms with Gasteiger partial charge in [-0.15, -0.1) is 11.8 Å². The maximum Gasteiger partial charge on any atom is 0.411 e. The van der Waals surface area contributed by atoms with Gasteiger partial charge in [0.05, 0.1) is 6.61 Å². The van der Waals surface area contributed by atoms with Crippen LogP contribution in [0.3, 0.4) is 0 Å². The molecule has 1 rings (SSSR count). The van der Waals surface area contributed by atoms with Crippen molar-refractivity contribution in [2.45, 2.75) is 18.0 Å². The van der Waals surface area contributed by atoms with E-state index in [4.69, 9.17) is 5.73 Å². The van der Waals surface area contributed by atoms with E-state index in [9.17, 15) is 13.2 Å². The molecule has 0 aliphatic rings. The Bertz CT molecular complexity index is 368. The molecule has 0 aromatic heterocycles. The molecule has 6 heteroatoms. The topological polar surface area (TPSA) is 35.2 Å². The van der Waals surface area contributed by atoms with Crippen LogP contribution in [0.1, 0.15) is 5.56 Å². The molecule has 0 spiro atoms. The largest absolute Gasteiger partial charge is 0.411 e. The molecule has 0 atom stereocenters. The van der Waals surface area contributed by atoms with Crippen LogP contribution in [0.15, 0.2) is 23.1 Å². The Morgan fingerprint density at radius 3 is 2.65 bits per heavy atom. The maximum absolute atomic E-state index is 11.8. The van der Waals surface area contributed by atoms with Crippen molar-refractivity contribution in [2.24, 2.45) is 0 Å². The van der Waals surface area contributed by atoms with Crippen molar-refractivity contribution in [1.82, 2.24) is 0 Å². The first-order chi connectivity index (χ1) is 7.88. The van der Waals surface area contributed by atoms with Gasteiger partial charge in [-0.05, 0) is 30.7 Å². The summed E-state index contributed by atoms with van der Waals surface area (Å²) in [5.74, 6) is 0.486. The lowest BCUT2D eigenvalue weighted by atomic mass is 10.2. The van der Waals surface area contributed by atoms with Crippen LogP contribution in [0.2, 0.25) is 0 Å². The van der Waals surface area contributed by atoms with Crippen molar-refractivity contribution >= 4 is 17.4 Å². The second kappa shape index (κ2) is 6.16. The lowest BCUT2D eigenvalue weighted by molar-refractivity contribution is -0.172. The average Bonchev–Trinajstić information content (AvgIpc) is 2.21. The smallest absolute Gasteiger partial charge is 0.399 e. The molecule has 96 valence electrons. The van der Waals surface area contributed by atoms with E-state index in [1.807, 2.05) is 19.1 Å². The normalized spacial score (nSPS) is 11.8. The number of nitrogens with two attached hydrogens (primary N) is 1. The summed E-state index contributed by atoms with van der Waals surface area (Å²) in [7, 11) is 0. The van der Waals surface area contributed by atoms with Crippen molar-refractivity contribution in [3.8, 4) is 0 Å². The quantitative estimate of drug-likeness (QED) is 0.504. The molecular formula is C11H14F3NOS. The molecule has 0 bridgehead atoms. The third kappa shape index (κ3) is 5.83. The number of thioether (sulfide) groups is 1. The van der Waals surface area contributed by atoms with Gasteiger partial charge in [0, 0.05) is 16.3 Å². The third-order valence-electron chi connectivity index (χ3n) is 2.00. The number of benzene rings is 1. The minimum atomic E-state index is -4.25. The molecule has 0 aliphatic carbocycles. The van der Waals surface area contributed by atoms with Crippen molar-refractivity contribution in [2.75, 3.05) is 24.7 Å². The van der Waals surface area contributed by atoms with E-state index in [0.29, 0.717) is 11.4 Å². The Hall–Kier alpha value is -0.880. The fourth-order valence-corrected chi connectivity index (χ4v) is 2.01. The molecule has 0 amide bonds. The summed E-state index contributed by atoms with van der Waals surface area (Å²) in [5.41, 5.74) is 7.33. The molecule has 0 aliphatic heterocycles. The number of ether oxygens (including phenoxy) is 1. The summed E-state index contributed by atoms with van der Waals surface area (Å²) in [6, 6.07) is 5.54. The van der Waals surface area contributed by atoms with Gasteiger partial charge < -0.3 is 10.5 Å². The Kier molecular flexibility index (Phi) is 5.14. The van der Waals surface area contributed by atoms with Gasteiger partial charge in [-0.25, -0.2) is 0 Å². The lowest BCUT2D eigenvalue weighted by Gasteiger charge is -2.08. The standard InChI is InChI=1S/C11H14F3NOS/c1-8-6-9(2-3-10(8)15)17-5-4-16-7-11(12,13)14/h2-3,6H,4-5,7,15H2,1H3. The molecule has 0 radical (unpaired) electrons. The molecule has 0 saturated carbocycles. The Balaban J connectivity index is 2.25. The van der Waals surface area contributed by atoms with Crippen LogP contribution in [-0.2, 0) is 4.74 Å². The van der Waals surface area contributed by atoms with Crippen LogP contribution in [-0.4, -0.2) is 25.1 Å². The highest BCUT2D eigenvalue weighted by Crippen LogP contribution is 2.22. The molecule has 1 aromatic rings. The van der Waals surface area contributed by atoms with Crippen molar-refractivity contribution < 1.29 is 17.9 Å². The molecule has 1 aromatic carbocycles. The lowest BCUT2D eigenvalue weighted by Crippen LogP contribution is -2.17. The van der Waals surface area contributed by atoms with Gasteiger partial charge in [-0.3, -0.25) is 0 Å². The summed E-state index contributed by atoms with van der Waals surface area (Å²) < 4.78 is 39.8. The highest BCUT2D eigenvalue weighted by molar-refractivity contribution is 7.99. The molecule has 0 heterocycles. The number of hydrogen-bond donors (Lipinski definition) is 1. The number of alkyl halides is 3. The summed E-state index contributed by atoms with van der Waals surface area (Å²) >= 11 is 1.45. The highest BCUT2D eigenvalue weighted by atomic mass is 32.2. The zero-order chi connectivity index (χ0) is 12.9. The number of aryl methyl sites for hydroxylation is 1. The van der Waals surface area contributed by atoms with Crippen molar-refractivity contribution in [3.05, 3.63) is 23.8 Å². The highest BCUT2D eigenvalue weighted by Gasteiger charge is 2.27. The van der Waals surface area contributed by atoms with Crippen LogP contribution < -0.4 is 5.73 Å². The van der Waals surface area contributed by atoms with Gasteiger partial charge in [0.25, 0.3) is 0 Å². The maximum atomic E-state index is 11.8. The monoisotopic (exact) mass is 265 g/mol. The van der Waals surface area contributed by atoms with Gasteiger partial charge in [0.1, 0.15) is 6.61 Å². The first-order valence-corrected chi connectivity index (χ1v) is 6.00. The number of rotatable bonds is 5.